The predicted molar refractivity (Wildman–Crippen MR) is 88.8 cm³/mol. The summed E-state index contributed by atoms with van der Waals surface area (Å²) in [6.45, 7) is 0.533. The molecule has 0 amide bonds. The van der Waals surface area contributed by atoms with Gasteiger partial charge in [-0.25, -0.2) is 4.39 Å². The molecule has 0 fully saturated rings. The molecule has 0 atom stereocenters. The summed E-state index contributed by atoms with van der Waals surface area (Å²) in [7, 11) is 0. The largest absolute Gasteiger partial charge is 0.389 e. The number of halogens is 3. The van der Waals surface area contributed by atoms with E-state index >= 15 is 0 Å². The molecule has 0 heterocycles. The molecule has 0 spiro atoms. The number of rotatable bonds is 4. The van der Waals surface area contributed by atoms with E-state index in [2.05, 4.69) is 21.2 Å². The fourth-order valence-electron chi connectivity index (χ4n) is 1.66. The lowest BCUT2D eigenvalue weighted by Gasteiger charge is -2.10. The van der Waals surface area contributed by atoms with E-state index in [1.54, 1.807) is 12.1 Å². The molecule has 0 aliphatic heterocycles. The van der Waals surface area contributed by atoms with Crippen molar-refractivity contribution in [2.75, 3.05) is 5.32 Å². The highest BCUT2D eigenvalue weighted by Gasteiger charge is 2.05. The Kier molecular flexibility index (Phi) is 4.96. The summed E-state index contributed by atoms with van der Waals surface area (Å²) in [4.78, 5) is 0.350. The van der Waals surface area contributed by atoms with Gasteiger partial charge in [-0.15, -0.1) is 0 Å². The fraction of sp³-hybridized carbons (Fsp3) is 0.0714. The third-order valence-electron chi connectivity index (χ3n) is 2.72. The molecule has 2 aromatic carbocycles. The van der Waals surface area contributed by atoms with E-state index < -0.39 is 5.82 Å². The highest BCUT2D eigenvalue weighted by molar-refractivity contribution is 9.10. The molecule has 3 N–H and O–H groups in total. The molecule has 2 rings (SSSR count). The van der Waals surface area contributed by atoms with Crippen molar-refractivity contribution in [2.45, 2.75) is 6.54 Å². The maximum absolute atomic E-state index is 13.1. The molecule has 0 radical (unpaired) electrons. The normalized spacial score (nSPS) is 10.3. The topological polar surface area (TPSA) is 38.0 Å². The highest BCUT2D eigenvalue weighted by Crippen LogP contribution is 2.25. The molecule has 2 nitrogen and oxygen atoms in total. The number of hydrogen-bond acceptors (Lipinski definition) is 2. The Morgan fingerprint density at radius 1 is 1.30 bits per heavy atom. The van der Waals surface area contributed by atoms with Gasteiger partial charge < -0.3 is 11.1 Å². The van der Waals surface area contributed by atoms with Crippen LogP contribution in [0.4, 0.5) is 10.1 Å². The summed E-state index contributed by atoms with van der Waals surface area (Å²) in [5, 5.41) is 3.35. The van der Waals surface area contributed by atoms with E-state index in [1.807, 2.05) is 18.2 Å². The van der Waals surface area contributed by atoms with Gasteiger partial charge in [-0.1, -0.05) is 29.9 Å². The number of nitrogens with two attached hydrogens (primary N) is 1. The number of anilines is 1. The Morgan fingerprint density at radius 3 is 2.65 bits per heavy atom. The molecule has 0 bridgehead atoms. The first kappa shape index (κ1) is 15.2. The third-order valence-corrected chi connectivity index (χ3v) is 3.90. The van der Waals surface area contributed by atoms with Gasteiger partial charge in [-0.05, 0) is 51.8 Å². The Labute approximate surface area is 135 Å². The SMILES string of the molecule is NC(=S)c1ccc(NCc2ccc(F)c(Cl)c2)c(Br)c1. The average Bonchev–Trinajstić information content (AvgIpc) is 2.41. The Morgan fingerprint density at radius 2 is 2.05 bits per heavy atom. The quantitative estimate of drug-likeness (QED) is 0.776. The van der Waals surface area contributed by atoms with Gasteiger partial charge in [0.25, 0.3) is 0 Å². The lowest BCUT2D eigenvalue weighted by Crippen LogP contribution is -2.09. The van der Waals surface area contributed by atoms with E-state index in [0.29, 0.717) is 11.5 Å². The molecule has 6 heteroatoms. The van der Waals surface area contributed by atoms with E-state index in [1.165, 1.54) is 6.07 Å². The van der Waals surface area contributed by atoms with Crippen molar-refractivity contribution in [1.29, 1.82) is 0 Å². The second kappa shape index (κ2) is 6.52. The lowest BCUT2D eigenvalue weighted by molar-refractivity contribution is 0.627. The predicted octanol–water partition coefficient (Wildman–Crippen LogP) is 4.49. The molecular weight excluding hydrogens is 363 g/mol. The van der Waals surface area contributed by atoms with Crippen molar-refractivity contribution in [1.82, 2.24) is 0 Å². The van der Waals surface area contributed by atoms with Crippen molar-refractivity contribution in [3.63, 3.8) is 0 Å². The molecule has 0 aliphatic carbocycles. The van der Waals surface area contributed by atoms with Crippen molar-refractivity contribution >= 4 is 50.4 Å². The van der Waals surface area contributed by atoms with E-state index in [-0.39, 0.29) is 5.02 Å². The summed E-state index contributed by atoms with van der Waals surface area (Å²) in [6.07, 6.45) is 0. The van der Waals surface area contributed by atoms with Gasteiger partial charge in [0.15, 0.2) is 0 Å². The molecule has 0 unspecified atom stereocenters. The first-order valence-electron chi connectivity index (χ1n) is 5.74. The Balaban J connectivity index is 2.10. The van der Waals surface area contributed by atoms with Crippen LogP contribution in [0.15, 0.2) is 40.9 Å². The molecule has 0 saturated carbocycles. The minimum atomic E-state index is -0.419. The van der Waals surface area contributed by atoms with Gasteiger partial charge >= 0.3 is 0 Å². The van der Waals surface area contributed by atoms with Gasteiger partial charge in [0.05, 0.1) is 5.02 Å². The zero-order valence-corrected chi connectivity index (χ0v) is 13.4. The van der Waals surface area contributed by atoms with Crippen LogP contribution in [0.5, 0.6) is 0 Å². The zero-order chi connectivity index (χ0) is 14.7. The minimum absolute atomic E-state index is 0.118. The van der Waals surface area contributed by atoms with Crippen molar-refractivity contribution in [2.24, 2.45) is 5.73 Å². The number of benzene rings is 2. The van der Waals surface area contributed by atoms with Gasteiger partial charge in [-0.2, -0.15) is 0 Å². The van der Waals surface area contributed by atoms with Crippen LogP contribution >= 0.6 is 39.7 Å². The van der Waals surface area contributed by atoms with E-state index in [9.17, 15) is 4.39 Å². The van der Waals surface area contributed by atoms with Crippen LogP contribution in [0, 0.1) is 5.82 Å². The number of hydrogen-bond donors (Lipinski definition) is 2. The van der Waals surface area contributed by atoms with Crippen molar-refractivity contribution in [3.05, 3.63) is 62.8 Å². The van der Waals surface area contributed by atoms with Crippen LogP contribution in [0.3, 0.4) is 0 Å². The van der Waals surface area contributed by atoms with Gasteiger partial charge in [0, 0.05) is 22.3 Å². The maximum Gasteiger partial charge on any atom is 0.141 e. The smallest absolute Gasteiger partial charge is 0.141 e. The molecular formula is C14H11BrClFN2S. The van der Waals surface area contributed by atoms with Crippen LogP contribution in [0.25, 0.3) is 0 Å². The first-order valence-corrected chi connectivity index (χ1v) is 7.32. The average molecular weight is 374 g/mol. The standard InChI is InChI=1S/C14H11BrClFN2S/c15-10-6-9(14(18)20)2-4-13(10)19-7-8-1-3-12(17)11(16)5-8/h1-6,19H,7H2,(H2,18,20). The summed E-state index contributed by atoms with van der Waals surface area (Å²) >= 11 is 14.1. The Hall–Kier alpha value is -1.17. The second-order valence-corrected chi connectivity index (χ2v) is 5.86. The van der Waals surface area contributed by atoms with Crippen LogP contribution in [-0.4, -0.2) is 4.99 Å². The van der Waals surface area contributed by atoms with Crippen molar-refractivity contribution < 1.29 is 4.39 Å². The molecule has 2 aromatic rings. The summed E-state index contributed by atoms with van der Waals surface area (Å²) in [5.41, 5.74) is 8.15. The summed E-state index contributed by atoms with van der Waals surface area (Å²) in [5.74, 6) is -0.419. The van der Waals surface area contributed by atoms with Gasteiger partial charge in [0.1, 0.15) is 10.8 Å². The first-order chi connectivity index (χ1) is 9.47. The lowest BCUT2D eigenvalue weighted by atomic mass is 10.2. The third kappa shape index (κ3) is 3.69. The minimum Gasteiger partial charge on any atom is -0.389 e. The van der Waals surface area contributed by atoms with E-state index in [4.69, 9.17) is 29.6 Å². The van der Waals surface area contributed by atoms with Gasteiger partial charge in [0.2, 0.25) is 0 Å². The second-order valence-electron chi connectivity index (χ2n) is 4.16. The maximum atomic E-state index is 13.1. The van der Waals surface area contributed by atoms with Crippen LogP contribution < -0.4 is 11.1 Å². The van der Waals surface area contributed by atoms with Crippen LogP contribution in [0.2, 0.25) is 5.02 Å². The number of nitrogens with one attached hydrogen (secondary N) is 1. The molecule has 104 valence electrons. The molecule has 0 saturated heterocycles. The van der Waals surface area contributed by atoms with Gasteiger partial charge in [-0.3, -0.25) is 0 Å². The van der Waals surface area contributed by atoms with Crippen LogP contribution in [-0.2, 0) is 6.54 Å². The van der Waals surface area contributed by atoms with E-state index in [0.717, 1.165) is 21.3 Å². The number of thiocarbonyl (C=S) groups is 1. The monoisotopic (exact) mass is 372 g/mol. The fourth-order valence-corrected chi connectivity index (χ4v) is 2.51. The van der Waals surface area contributed by atoms with Crippen LogP contribution in [0.1, 0.15) is 11.1 Å². The highest BCUT2D eigenvalue weighted by atomic mass is 79.9. The Bertz CT molecular complexity index is 664. The molecule has 0 aromatic heterocycles. The summed E-state index contributed by atoms with van der Waals surface area (Å²) < 4.78 is 13.9. The molecule has 0 aliphatic rings. The summed E-state index contributed by atoms with van der Waals surface area (Å²) in [6, 6.07) is 10.2. The zero-order valence-electron chi connectivity index (χ0n) is 10.3. The van der Waals surface area contributed by atoms with Crippen molar-refractivity contribution in [3.8, 4) is 0 Å². The molecule has 20 heavy (non-hydrogen) atoms.